The predicted octanol–water partition coefficient (Wildman–Crippen LogP) is 4.24. The van der Waals surface area contributed by atoms with Crippen LogP contribution in [0.15, 0.2) is 30.3 Å². The first-order valence-corrected chi connectivity index (χ1v) is 12.5. The first-order chi connectivity index (χ1) is 18.9. The highest BCUT2D eigenvalue weighted by Crippen LogP contribution is 2.40. The van der Waals surface area contributed by atoms with Crippen molar-refractivity contribution in [1.29, 1.82) is 5.26 Å². The van der Waals surface area contributed by atoms with Gasteiger partial charge in [-0.05, 0) is 75.1 Å². The van der Waals surface area contributed by atoms with Crippen LogP contribution in [0.1, 0.15) is 44.7 Å². The van der Waals surface area contributed by atoms with Crippen molar-refractivity contribution < 1.29 is 33.3 Å². The highest BCUT2D eigenvalue weighted by Gasteiger charge is 2.35. The van der Waals surface area contributed by atoms with E-state index in [0.717, 1.165) is 12.0 Å². The first kappa shape index (κ1) is 31.6. The third-order valence-electron chi connectivity index (χ3n) is 5.87. The molecule has 0 saturated carbocycles. The Bertz CT molecular complexity index is 1250. The number of allylic oxidation sites excluding steroid dienone is 1. The van der Waals surface area contributed by atoms with Crippen LogP contribution in [0.4, 0.5) is 10.5 Å². The summed E-state index contributed by atoms with van der Waals surface area (Å²) in [6.07, 6.45) is 2.71. The highest BCUT2D eigenvalue weighted by atomic mass is 16.6. The molecule has 3 rings (SSSR count). The second-order valence-electron chi connectivity index (χ2n) is 9.82. The second kappa shape index (κ2) is 14.0. The van der Waals surface area contributed by atoms with E-state index in [4.69, 9.17) is 35.2 Å². The number of amides is 2. The van der Waals surface area contributed by atoms with E-state index in [2.05, 4.69) is 6.07 Å². The molecule has 1 aliphatic rings. The summed E-state index contributed by atoms with van der Waals surface area (Å²) in [5.41, 5.74) is 12.9. The predicted molar refractivity (Wildman–Crippen MR) is 152 cm³/mol. The van der Waals surface area contributed by atoms with Crippen molar-refractivity contribution in [3.05, 3.63) is 41.5 Å². The number of rotatable bonds is 7. The normalized spacial score (nSPS) is 14.8. The van der Waals surface area contributed by atoms with Crippen molar-refractivity contribution in [3.63, 3.8) is 0 Å². The maximum absolute atomic E-state index is 11.7. The second-order valence-corrected chi connectivity index (χ2v) is 9.82. The molecule has 2 amide bonds. The molecule has 0 spiro atoms. The molecule has 1 aliphatic heterocycles. The number of anilines is 1. The van der Waals surface area contributed by atoms with Gasteiger partial charge in [0.1, 0.15) is 17.4 Å². The Morgan fingerprint density at radius 3 is 2.05 bits per heavy atom. The molecular weight excluding hydrogens is 516 g/mol. The zero-order chi connectivity index (χ0) is 30.0. The van der Waals surface area contributed by atoms with Gasteiger partial charge in [0.05, 0.1) is 45.8 Å². The lowest BCUT2D eigenvalue weighted by Crippen LogP contribution is -2.45. The van der Waals surface area contributed by atoms with Crippen molar-refractivity contribution in [2.24, 2.45) is 5.73 Å². The van der Waals surface area contributed by atoms with Crippen molar-refractivity contribution in [2.75, 3.05) is 40.7 Å². The Morgan fingerprint density at radius 1 is 1.00 bits per heavy atom. The maximum atomic E-state index is 11.7. The number of nitrogens with zero attached hydrogens (tertiary/aromatic N) is 2. The molecule has 1 heterocycles. The molecule has 0 aliphatic carbocycles. The lowest BCUT2D eigenvalue weighted by Gasteiger charge is -2.27. The van der Waals surface area contributed by atoms with Gasteiger partial charge in [-0.2, -0.15) is 5.26 Å². The average molecular weight is 555 g/mol. The van der Waals surface area contributed by atoms with Gasteiger partial charge in [-0.3, -0.25) is 9.69 Å². The van der Waals surface area contributed by atoms with Crippen molar-refractivity contribution in [3.8, 4) is 29.1 Å². The minimum Gasteiger partial charge on any atom is -0.495 e. The zero-order valence-electron chi connectivity index (χ0n) is 24.1. The standard InChI is InChI=1S/C19H20N2O4.C10H18N2O3/c1-22-16-6-5-12(8-15(16)21)7-14(11-20)13-9-17(23-2)19(25-4)18(10-13)24-3;1-10(2,3)15-9(14)12-6-4-5-7(12)8(11)13/h5-10H,21H2,1-4H3;7H,4-6H2,1-3H3,(H2,11,13)/t;7-/m.0/s1. The number of nitrogens with two attached hydrogens (primary N) is 2. The van der Waals surface area contributed by atoms with Crippen LogP contribution in [0.2, 0.25) is 0 Å². The smallest absolute Gasteiger partial charge is 0.410 e. The van der Waals surface area contributed by atoms with Gasteiger partial charge in [-0.15, -0.1) is 0 Å². The zero-order valence-corrected chi connectivity index (χ0v) is 24.1. The van der Waals surface area contributed by atoms with Crippen LogP contribution >= 0.6 is 0 Å². The van der Waals surface area contributed by atoms with Crippen LogP contribution in [-0.2, 0) is 9.53 Å². The number of hydrogen-bond acceptors (Lipinski definition) is 9. The molecule has 0 radical (unpaired) electrons. The molecule has 216 valence electrons. The Labute approximate surface area is 235 Å². The van der Waals surface area contributed by atoms with Gasteiger partial charge in [0.25, 0.3) is 0 Å². The summed E-state index contributed by atoms with van der Waals surface area (Å²) in [5.74, 6) is 1.56. The summed E-state index contributed by atoms with van der Waals surface area (Å²) < 4.78 is 26.3. The third kappa shape index (κ3) is 8.20. The van der Waals surface area contributed by atoms with E-state index in [1.54, 1.807) is 58.2 Å². The van der Waals surface area contributed by atoms with E-state index in [1.165, 1.54) is 26.2 Å². The number of benzene rings is 2. The molecule has 0 bridgehead atoms. The van der Waals surface area contributed by atoms with Crippen LogP contribution in [0, 0.1) is 11.3 Å². The summed E-state index contributed by atoms with van der Waals surface area (Å²) in [6, 6.07) is 10.5. The van der Waals surface area contributed by atoms with Crippen molar-refractivity contribution in [1.82, 2.24) is 4.90 Å². The molecule has 11 nitrogen and oxygen atoms in total. The summed E-state index contributed by atoms with van der Waals surface area (Å²) in [7, 11) is 6.14. The SMILES string of the molecule is CC(C)(C)OC(=O)N1CCC[C@H]1C(N)=O.COc1ccc(C=C(C#N)c2cc(OC)c(OC)c(OC)c2)cc1N. The van der Waals surface area contributed by atoms with Gasteiger partial charge in [-0.25, -0.2) is 4.79 Å². The Hall–Kier alpha value is -4.59. The number of hydrogen-bond donors (Lipinski definition) is 2. The Kier molecular flexibility index (Phi) is 11.1. The highest BCUT2D eigenvalue weighted by molar-refractivity contribution is 5.91. The van der Waals surface area contributed by atoms with E-state index < -0.39 is 23.6 Å². The lowest BCUT2D eigenvalue weighted by molar-refractivity contribution is -0.122. The quantitative estimate of drug-likeness (QED) is 0.290. The maximum Gasteiger partial charge on any atom is 0.410 e. The molecule has 0 unspecified atom stereocenters. The number of methoxy groups -OCH3 is 4. The van der Waals surface area contributed by atoms with Gasteiger partial charge in [0.2, 0.25) is 11.7 Å². The number of nitriles is 1. The average Bonchev–Trinajstić information content (AvgIpc) is 3.41. The van der Waals surface area contributed by atoms with Gasteiger partial charge < -0.3 is 35.2 Å². The van der Waals surface area contributed by atoms with Gasteiger partial charge in [0, 0.05) is 6.54 Å². The fourth-order valence-electron chi connectivity index (χ4n) is 4.03. The van der Waals surface area contributed by atoms with Gasteiger partial charge in [-0.1, -0.05) is 6.07 Å². The molecule has 4 N–H and O–H groups in total. The fourth-order valence-corrected chi connectivity index (χ4v) is 4.03. The summed E-state index contributed by atoms with van der Waals surface area (Å²) in [5, 5.41) is 9.58. The molecule has 11 heteroatoms. The molecule has 1 saturated heterocycles. The van der Waals surface area contributed by atoms with Crippen molar-refractivity contribution in [2.45, 2.75) is 45.3 Å². The van der Waals surface area contributed by atoms with E-state index >= 15 is 0 Å². The Morgan fingerprint density at radius 2 is 1.60 bits per heavy atom. The number of primary amides is 1. The number of carbonyl (C=O) groups is 2. The molecule has 1 fully saturated rings. The number of likely N-dealkylation sites (tertiary alicyclic amines) is 1. The molecule has 2 aromatic rings. The van der Waals surface area contributed by atoms with Crippen LogP contribution in [0.3, 0.4) is 0 Å². The minimum absolute atomic E-state index is 0.434. The van der Waals surface area contributed by atoms with Gasteiger partial charge >= 0.3 is 6.09 Å². The molecule has 40 heavy (non-hydrogen) atoms. The number of ether oxygens (including phenoxy) is 5. The van der Waals surface area contributed by atoms with Crippen LogP contribution < -0.4 is 30.4 Å². The van der Waals surface area contributed by atoms with Crippen molar-refractivity contribution >= 4 is 29.3 Å². The minimum atomic E-state index is -0.540. The summed E-state index contributed by atoms with van der Waals surface area (Å²) in [4.78, 5) is 24.1. The van der Waals surface area contributed by atoms with E-state index in [9.17, 15) is 14.9 Å². The third-order valence-corrected chi connectivity index (χ3v) is 5.87. The largest absolute Gasteiger partial charge is 0.495 e. The fraction of sp³-hybridized carbons (Fsp3) is 0.414. The topological polar surface area (TPSA) is 159 Å². The molecule has 0 aromatic heterocycles. The Balaban J connectivity index is 0.000000319. The van der Waals surface area contributed by atoms with E-state index in [0.29, 0.717) is 52.8 Å². The van der Waals surface area contributed by atoms with Crippen LogP contribution in [-0.4, -0.2) is 63.5 Å². The number of nitrogen functional groups attached to an aromatic ring is 1. The lowest BCUT2D eigenvalue weighted by atomic mass is 10.0. The number of carbonyl (C=O) groups excluding carboxylic acids is 2. The van der Waals surface area contributed by atoms with E-state index in [1.807, 2.05) is 6.07 Å². The summed E-state index contributed by atoms with van der Waals surface area (Å²) >= 11 is 0. The van der Waals surface area contributed by atoms with Gasteiger partial charge in [0.15, 0.2) is 11.5 Å². The monoisotopic (exact) mass is 554 g/mol. The first-order valence-electron chi connectivity index (χ1n) is 12.5. The molecule has 1 atom stereocenters. The van der Waals surface area contributed by atoms with Crippen LogP contribution in [0.25, 0.3) is 11.6 Å². The summed E-state index contributed by atoms with van der Waals surface area (Å²) in [6.45, 7) is 5.92. The van der Waals surface area contributed by atoms with Crippen LogP contribution in [0.5, 0.6) is 23.0 Å². The molecular formula is C29H38N4O7. The van der Waals surface area contributed by atoms with E-state index in [-0.39, 0.29) is 0 Å². The molecule has 2 aromatic carbocycles.